The van der Waals surface area contributed by atoms with Crippen LogP contribution in [-0.4, -0.2) is 4.98 Å². The Hall–Kier alpha value is -1.17. The summed E-state index contributed by atoms with van der Waals surface area (Å²) in [7, 11) is 0. The summed E-state index contributed by atoms with van der Waals surface area (Å²) in [5.41, 5.74) is 1.25. The van der Waals surface area contributed by atoms with Crippen LogP contribution >= 0.6 is 23.2 Å². The zero-order chi connectivity index (χ0) is 9.42. The second kappa shape index (κ2) is 2.95. The number of fused-ring (bicyclic) bond motifs is 1. The van der Waals surface area contributed by atoms with Crippen LogP contribution in [0, 0.1) is 11.3 Å². The minimum absolute atomic E-state index is 0.522. The summed E-state index contributed by atoms with van der Waals surface area (Å²) < 4.78 is 0. The van der Waals surface area contributed by atoms with Gasteiger partial charge in [-0.2, -0.15) is 5.26 Å². The SMILES string of the molecule is N#Cc1ccc(Cl)c2[nH]cc(Cl)c12. The molecule has 64 valence electrons. The maximum atomic E-state index is 8.80. The van der Waals surface area contributed by atoms with E-state index in [1.165, 1.54) is 0 Å². The van der Waals surface area contributed by atoms with E-state index in [0.29, 0.717) is 26.5 Å². The standard InChI is InChI=1S/C9H4Cl2N2/c10-6-2-1-5(3-12)8-7(11)4-13-9(6)8/h1-2,4,13H. The van der Waals surface area contributed by atoms with Gasteiger partial charge in [0.15, 0.2) is 0 Å². The minimum Gasteiger partial charge on any atom is -0.358 e. The molecule has 0 amide bonds. The highest BCUT2D eigenvalue weighted by Gasteiger charge is 2.09. The number of nitriles is 1. The third-order valence-electron chi connectivity index (χ3n) is 1.86. The first kappa shape index (κ1) is 8.43. The summed E-state index contributed by atoms with van der Waals surface area (Å²) in [5, 5.41) is 10.6. The molecule has 0 spiro atoms. The summed E-state index contributed by atoms with van der Waals surface area (Å²) in [4.78, 5) is 2.92. The highest BCUT2D eigenvalue weighted by Crippen LogP contribution is 2.30. The first-order valence-electron chi connectivity index (χ1n) is 3.59. The lowest BCUT2D eigenvalue weighted by molar-refractivity contribution is 1.47. The molecule has 2 rings (SSSR count). The molecule has 0 aliphatic rings. The van der Waals surface area contributed by atoms with Crippen molar-refractivity contribution in [2.45, 2.75) is 0 Å². The van der Waals surface area contributed by atoms with Crippen molar-refractivity contribution in [1.29, 1.82) is 5.26 Å². The van der Waals surface area contributed by atoms with Crippen molar-refractivity contribution in [2.75, 3.05) is 0 Å². The van der Waals surface area contributed by atoms with Crippen molar-refractivity contribution in [3.8, 4) is 6.07 Å². The molecule has 2 nitrogen and oxygen atoms in total. The molecule has 0 saturated heterocycles. The highest BCUT2D eigenvalue weighted by molar-refractivity contribution is 6.40. The van der Waals surface area contributed by atoms with Gasteiger partial charge in [0.25, 0.3) is 0 Å². The van der Waals surface area contributed by atoms with Gasteiger partial charge in [-0.1, -0.05) is 23.2 Å². The van der Waals surface area contributed by atoms with Crippen LogP contribution < -0.4 is 0 Å². The Labute approximate surface area is 84.7 Å². The Balaban J connectivity index is 2.99. The number of aromatic nitrogens is 1. The zero-order valence-electron chi connectivity index (χ0n) is 6.44. The van der Waals surface area contributed by atoms with E-state index in [9.17, 15) is 0 Å². The third kappa shape index (κ3) is 1.17. The summed E-state index contributed by atoms with van der Waals surface area (Å²) in [6.07, 6.45) is 1.62. The molecule has 0 radical (unpaired) electrons. The lowest BCUT2D eigenvalue weighted by Gasteiger charge is -1.96. The van der Waals surface area contributed by atoms with Crippen LogP contribution in [0.3, 0.4) is 0 Å². The fourth-order valence-electron chi connectivity index (χ4n) is 1.27. The van der Waals surface area contributed by atoms with Gasteiger partial charge in [-0.3, -0.25) is 0 Å². The number of aromatic amines is 1. The molecule has 13 heavy (non-hydrogen) atoms. The highest BCUT2D eigenvalue weighted by atomic mass is 35.5. The van der Waals surface area contributed by atoms with Gasteiger partial charge in [0.05, 0.1) is 27.2 Å². The second-order valence-corrected chi connectivity index (χ2v) is 3.41. The molecule has 2 aromatic rings. The number of benzene rings is 1. The van der Waals surface area contributed by atoms with Gasteiger partial charge in [0.2, 0.25) is 0 Å². The van der Waals surface area contributed by atoms with E-state index in [-0.39, 0.29) is 0 Å². The monoisotopic (exact) mass is 210 g/mol. The first-order chi connectivity index (χ1) is 6.24. The summed E-state index contributed by atoms with van der Waals surface area (Å²) >= 11 is 11.8. The zero-order valence-corrected chi connectivity index (χ0v) is 7.95. The maximum Gasteiger partial charge on any atom is 0.0999 e. The fraction of sp³-hybridized carbons (Fsp3) is 0. The van der Waals surface area contributed by atoms with E-state index in [2.05, 4.69) is 11.1 Å². The maximum absolute atomic E-state index is 8.80. The largest absolute Gasteiger partial charge is 0.358 e. The number of hydrogen-bond donors (Lipinski definition) is 1. The Morgan fingerprint density at radius 3 is 2.69 bits per heavy atom. The Kier molecular flexibility index (Phi) is 1.91. The van der Waals surface area contributed by atoms with Gasteiger partial charge in [0.1, 0.15) is 0 Å². The van der Waals surface area contributed by atoms with E-state index in [4.69, 9.17) is 28.5 Å². The smallest absolute Gasteiger partial charge is 0.0999 e. The minimum atomic E-state index is 0.522. The summed E-state index contributed by atoms with van der Waals surface area (Å²) in [6, 6.07) is 5.39. The lowest BCUT2D eigenvalue weighted by Crippen LogP contribution is -1.77. The number of nitrogens with zero attached hydrogens (tertiary/aromatic N) is 1. The predicted molar refractivity (Wildman–Crippen MR) is 53.0 cm³/mol. The molecule has 1 aromatic carbocycles. The molecule has 1 aromatic heterocycles. The van der Waals surface area contributed by atoms with Crippen molar-refractivity contribution in [2.24, 2.45) is 0 Å². The van der Waals surface area contributed by atoms with E-state index in [1.54, 1.807) is 18.3 Å². The normalized spacial score (nSPS) is 10.2. The van der Waals surface area contributed by atoms with Crippen LogP contribution in [0.25, 0.3) is 10.9 Å². The quantitative estimate of drug-likeness (QED) is 0.712. The molecule has 0 bridgehead atoms. The molecular weight excluding hydrogens is 207 g/mol. The molecule has 0 aliphatic heterocycles. The Morgan fingerprint density at radius 1 is 1.23 bits per heavy atom. The molecule has 0 atom stereocenters. The van der Waals surface area contributed by atoms with Gasteiger partial charge >= 0.3 is 0 Å². The van der Waals surface area contributed by atoms with Crippen molar-refractivity contribution in [3.63, 3.8) is 0 Å². The molecule has 4 heteroatoms. The summed E-state index contributed by atoms with van der Waals surface area (Å²) in [5.74, 6) is 0. The molecule has 0 fully saturated rings. The van der Waals surface area contributed by atoms with E-state index < -0.39 is 0 Å². The van der Waals surface area contributed by atoms with Crippen LogP contribution in [0.1, 0.15) is 5.56 Å². The molecule has 0 saturated carbocycles. The van der Waals surface area contributed by atoms with Crippen molar-refractivity contribution >= 4 is 34.1 Å². The van der Waals surface area contributed by atoms with Crippen LogP contribution in [0.4, 0.5) is 0 Å². The number of halogens is 2. The van der Waals surface area contributed by atoms with Gasteiger partial charge in [-0.25, -0.2) is 0 Å². The lowest BCUT2D eigenvalue weighted by atomic mass is 10.1. The second-order valence-electron chi connectivity index (χ2n) is 2.59. The van der Waals surface area contributed by atoms with E-state index in [0.717, 1.165) is 0 Å². The van der Waals surface area contributed by atoms with Crippen LogP contribution in [0.5, 0.6) is 0 Å². The van der Waals surface area contributed by atoms with Crippen LogP contribution in [0.15, 0.2) is 18.3 Å². The topological polar surface area (TPSA) is 39.6 Å². The molecule has 0 unspecified atom stereocenters. The molecular formula is C9H4Cl2N2. The fourth-order valence-corrected chi connectivity index (χ4v) is 1.73. The third-order valence-corrected chi connectivity index (χ3v) is 2.47. The van der Waals surface area contributed by atoms with E-state index >= 15 is 0 Å². The number of hydrogen-bond acceptors (Lipinski definition) is 1. The Morgan fingerprint density at radius 2 is 2.00 bits per heavy atom. The van der Waals surface area contributed by atoms with Gasteiger partial charge < -0.3 is 4.98 Å². The first-order valence-corrected chi connectivity index (χ1v) is 4.35. The van der Waals surface area contributed by atoms with Crippen molar-refractivity contribution in [1.82, 2.24) is 4.98 Å². The van der Waals surface area contributed by atoms with Crippen molar-refractivity contribution in [3.05, 3.63) is 33.9 Å². The van der Waals surface area contributed by atoms with Gasteiger partial charge in [-0.15, -0.1) is 0 Å². The van der Waals surface area contributed by atoms with Gasteiger partial charge in [-0.05, 0) is 12.1 Å². The molecule has 0 aliphatic carbocycles. The molecule has 1 N–H and O–H groups in total. The van der Waals surface area contributed by atoms with Gasteiger partial charge in [0, 0.05) is 11.6 Å². The predicted octanol–water partition coefficient (Wildman–Crippen LogP) is 3.35. The Bertz CT molecular complexity index is 508. The number of nitrogens with one attached hydrogen (secondary N) is 1. The molecule has 1 heterocycles. The van der Waals surface area contributed by atoms with E-state index in [1.807, 2.05) is 0 Å². The van der Waals surface area contributed by atoms with Crippen LogP contribution in [0.2, 0.25) is 10.0 Å². The number of rotatable bonds is 0. The average Bonchev–Trinajstić information content (AvgIpc) is 2.51. The summed E-state index contributed by atoms with van der Waals surface area (Å²) in [6.45, 7) is 0. The van der Waals surface area contributed by atoms with Crippen LogP contribution in [-0.2, 0) is 0 Å². The average molecular weight is 211 g/mol. The van der Waals surface area contributed by atoms with Crippen molar-refractivity contribution < 1.29 is 0 Å². The number of H-pyrrole nitrogens is 1.